The lowest BCUT2D eigenvalue weighted by Crippen LogP contribution is -2.11. The van der Waals surface area contributed by atoms with E-state index in [1.165, 1.54) is 0 Å². The normalized spacial score (nSPS) is 10.3. The van der Waals surface area contributed by atoms with Gasteiger partial charge in [-0.2, -0.15) is 0 Å². The highest BCUT2D eigenvalue weighted by Crippen LogP contribution is 2.25. The molecule has 104 valence electrons. The molecular formula is C15H10ClN3OS. The molecule has 1 N–H and O–H groups in total. The number of benzene rings is 2. The van der Waals surface area contributed by atoms with Crippen LogP contribution in [0.25, 0.3) is 11.3 Å². The van der Waals surface area contributed by atoms with Gasteiger partial charge in [0.2, 0.25) is 0 Å². The number of aromatic nitrogens is 2. The van der Waals surface area contributed by atoms with Crippen molar-refractivity contribution in [2.45, 2.75) is 0 Å². The molecule has 0 spiro atoms. The second-order valence-electron chi connectivity index (χ2n) is 4.28. The summed E-state index contributed by atoms with van der Waals surface area (Å²) in [6.45, 7) is 0. The lowest BCUT2D eigenvalue weighted by atomic mass is 10.1. The molecule has 0 aliphatic rings. The molecule has 6 heteroatoms. The van der Waals surface area contributed by atoms with E-state index in [-0.39, 0.29) is 5.91 Å². The quantitative estimate of drug-likeness (QED) is 0.791. The van der Waals surface area contributed by atoms with Crippen LogP contribution in [0.15, 0.2) is 54.6 Å². The van der Waals surface area contributed by atoms with E-state index >= 15 is 0 Å². The van der Waals surface area contributed by atoms with Crippen molar-refractivity contribution < 1.29 is 4.79 Å². The number of hydrogen-bond acceptors (Lipinski definition) is 4. The molecule has 0 unspecified atom stereocenters. The zero-order valence-electron chi connectivity index (χ0n) is 10.8. The van der Waals surface area contributed by atoms with Crippen LogP contribution in [0.3, 0.4) is 0 Å². The maximum absolute atomic E-state index is 12.4. The van der Waals surface area contributed by atoms with E-state index in [1.807, 2.05) is 30.3 Å². The third kappa shape index (κ3) is 3.09. The van der Waals surface area contributed by atoms with E-state index < -0.39 is 0 Å². The van der Waals surface area contributed by atoms with Crippen molar-refractivity contribution >= 4 is 34.7 Å². The zero-order valence-corrected chi connectivity index (χ0v) is 12.4. The van der Waals surface area contributed by atoms with Crippen molar-refractivity contribution in [2.75, 3.05) is 5.32 Å². The van der Waals surface area contributed by atoms with Crippen molar-refractivity contribution in [3.05, 3.63) is 64.5 Å². The maximum Gasteiger partial charge on any atom is 0.269 e. The standard InChI is InChI=1S/C15H10ClN3OS/c16-11-7-4-8-12(9-11)17-15(20)14-13(18-19-21-14)10-5-2-1-3-6-10/h1-9H,(H,17,20). The molecule has 0 aliphatic heterocycles. The van der Waals surface area contributed by atoms with E-state index in [0.717, 1.165) is 17.1 Å². The monoisotopic (exact) mass is 315 g/mol. The van der Waals surface area contributed by atoms with Gasteiger partial charge < -0.3 is 5.32 Å². The minimum absolute atomic E-state index is 0.244. The highest BCUT2D eigenvalue weighted by Gasteiger charge is 2.17. The second kappa shape index (κ2) is 6.03. The third-order valence-electron chi connectivity index (χ3n) is 2.82. The van der Waals surface area contributed by atoms with Gasteiger partial charge in [-0.05, 0) is 29.7 Å². The molecule has 0 atom stereocenters. The van der Waals surface area contributed by atoms with E-state index in [4.69, 9.17) is 11.6 Å². The van der Waals surface area contributed by atoms with Gasteiger partial charge in [-0.1, -0.05) is 52.5 Å². The number of anilines is 1. The summed E-state index contributed by atoms with van der Waals surface area (Å²) in [7, 11) is 0. The van der Waals surface area contributed by atoms with Gasteiger partial charge in [-0.3, -0.25) is 4.79 Å². The van der Waals surface area contributed by atoms with E-state index in [9.17, 15) is 4.79 Å². The summed E-state index contributed by atoms with van der Waals surface area (Å²) >= 11 is 6.98. The number of halogens is 1. The minimum Gasteiger partial charge on any atom is -0.321 e. The number of nitrogens with zero attached hydrogens (tertiary/aromatic N) is 2. The van der Waals surface area contributed by atoms with Gasteiger partial charge in [0.25, 0.3) is 5.91 Å². The van der Waals surface area contributed by atoms with Gasteiger partial charge in [-0.15, -0.1) is 5.10 Å². The van der Waals surface area contributed by atoms with Gasteiger partial charge in [0, 0.05) is 16.3 Å². The molecule has 1 heterocycles. The first kappa shape index (κ1) is 13.7. The minimum atomic E-state index is -0.244. The van der Waals surface area contributed by atoms with Crippen molar-refractivity contribution in [3.63, 3.8) is 0 Å². The zero-order chi connectivity index (χ0) is 14.7. The topological polar surface area (TPSA) is 54.9 Å². The van der Waals surface area contributed by atoms with Gasteiger partial charge >= 0.3 is 0 Å². The van der Waals surface area contributed by atoms with Crippen LogP contribution in [0.2, 0.25) is 5.02 Å². The van der Waals surface area contributed by atoms with Crippen LogP contribution in [0, 0.1) is 0 Å². The Bertz CT molecular complexity index is 773. The summed E-state index contributed by atoms with van der Waals surface area (Å²) in [5, 5.41) is 7.42. The van der Waals surface area contributed by atoms with E-state index in [2.05, 4.69) is 14.9 Å². The lowest BCUT2D eigenvalue weighted by molar-refractivity contribution is 0.103. The summed E-state index contributed by atoms with van der Waals surface area (Å²) < 4.78 is 3.88. The molecular weight excluding hydrogens is 306 g/mol. The van der Waals surface area contributed by atoms with E-state index in [1.54, 1.807) is 24.3 Å². The van der Waals surface area contributed by atoms with Crippen molar-refractivity contribution in [3.8, 4) is 11.3 Å². The Hall–Kier alpha value is -2.24. The number of nitrogens with one attached hydrogen (secondary N) is 1. The summed E-state index contributed by atoms with van der Waals surface area (Å²) in [6.07, 6.45) is 0. The van der Waals surface area contributed by atoms with Crippen LogP contribution in [-0.4, -0.2) is 15.5 Å². The Labute approximate surface area is 130 Å². The Morgan fingerprint density at radius 1 is 1.10 bits per heavy atom. The molecule has 0 saturated carbocycles. The smallest absolute Gasteiger partial charge is 0.269 e. The van der Waals surface area contributed by atoms with Gasteiger partial charge in [-0.25, -0.2) is 0 Å². The van der Waals surface area contributed by atoms with Gasteiger partial charge in [0.15, 0.2) is 0 Å². The largest absolute Gasteiger partial charge is 0.321 e. The number of carbonyl (C=O) groups is 1. The summed E-state index contributed by atoms with van der Waals surface area (Å²) in [5.74, 6) is -0.244. The van der Waals surface area contributed by atoms with Crippen LogP contribution in [0.1, 0.15) is 9.67 Å². The molecule has 0 aliphatic carbocycles. The van der Waals surface area contributed by atoms with Crippen molar-refractivity contribution in [1.82, 2.24) is 9.59 Å². The highest BCUT2D eigenvalue weighted by atomic mass is 35.5. The fraction of sp³-hybridized carbons (Fsp3) is 0. The predicted molar refractivity (Wildman–Crippen MR) is 84.8 cm³/mol. The van der Waals surface area contributed by atoms with Crippen molar-refractivity contribution in [2.24, 2.45) is 0 Å². The average molecular weight is 316 g/mol. The Kier molecular flexibility index (Phi) is 3.94. The fourth-order valence-corrected chi connectivity index (χ4v) is 2.65. The molecule has 21 heavy (non-hydrogen) atoms. The van der Waals surface area contributed by atoms with Crippen molar-refractivity contribution in [1.29, 1.82) is 0 Å². The molecule has 3 aromatic rings. The summed E-state index contributed by atoms with van der Waals surface area (Å²) in [5.41, 5.74) is 2.09. The molecule has 0 bridgehead atoms. The molecule has 0 fully saturated rings. The second-order valence-corrected chi connectivity index (χ2v) is 5.47. The number of rotatable bonds is 3. The number of carbonyl (C=O) groups excluding carboxylic acids is 1. The first-order chi connectivity index (χ1) is 10.2. The van der Waals surface area contributed by atoms with Gasteiger partial charge in [0.1, 0.15) is 10.6 Å². The fourth-order valence-electron chi connectivity index (χ4n) is 1.88. The SMILES string of the molecule is O=C(Nc1cccc(Cl)c1)c1snnc1-c1ccccc1. The first-order valence-corrected chi connectivity index (χ1v) is 7.34. The predicted octanol–water partition coefficient (Wildman–Crippen LogP) is 4.11. The molecule has 4 nitrogen and oxygen atoms in total. The maximum atomic E-state index is 12.4. The summed E-state index contributed by atoms with van der Waals surface area (Å²) in [4.78, 5) is 12.8. The number of amides is 1. The van der Waals surface area contributed by atoms with Crippen LogP contribution < -0.4 is 5.32 Å². The van der Waals surface area contributed by atoms with E-state index in [0.29, 0.717) is 21.3 Å². The Morgan fingerprint density at radius 3 is 2.67 bits per heavy atom. The molecule has 3 rings (SSSR count). The van der Waals surface area contributed by atoms with Gasteiger partial charge in [0.05, 0.1) is 0 Å². The van der Waals surface area contributed by atoms with Crippen LogP contribution >= 0.6 is 23.1 Å². The highest BCUT2D eigenvalue weighted by molar-refractivity contribution is 7.08. The lowest BCUT2D eigenvalue weighted by Gasteiger charge is -2.05. The molecule has 1 aromatic heterocycles. The molecule has 2 aromatic carbocycles. The first-order valence-electron chi connectivity index (χ1n) is 6.19. The molecule has 1 amide bonds. The molecule has 0 saturated heterocycles. The molecule has 0 radical (unpaired) electrons. The average Bonchev–Trinajstić information content (AvgIpc) is 2.98. The van der Waals surface area contributed by atoms with Crippen LogP contribution in [0.4, 0.5) is 5.69 Å². The van der Waals surface area contributed by atoms with Crippen LogP contribution in [0.5, 0.6) is 0 Å². The Morgan fingerprint density at radius 2 is 1.90 bits per heavy atom. The third-order valence-corrected chi connectivity index (χ3v) is 3.78. The summed E-state index contributed by atoms with van der Waals surface area (Å²) in [6, 6.07) is 16.5. The number of hydrogen-bond donors (Lipinski definition) is 1. The Balaban J connectivity index is 1.88. The van der Waals surface area contributed by atoms with Crippen LogP contribution in [-0.2, 0) is 0 Å².